The van der Waals surface area contributed by atoms with Crippen molar-refractivity contribution < 1.29 is 13.9 Å². The Labute approximate surface area is 161 Å². The summed E-state index contributed by atoms with van der Waals surface area (Å²) in [4.78, 5) is 24.2. The number of anilines is 3. The number of nitrogens with one attached hydrogen (secondary N) is 1. The van der Waals surface area contributed by atoms with Crippen LogP contribution < -0.4 is 11.1 Å². The fourth-order valence-electron chi connectivity index (χ4n) is 2.44. The van der Waals surface area contributed by atoms with Gasteiger partial charge in [0, 0.05) is 12.1 Å². The maximum Gasteiger partial charge on any atom is 0.306 e. The minimum Gasteiger partial charge on any atom is -0.457 e. The highest BCUT2D eigenvalue weighted by Gasteiger charge is 2.09. The number of carbonyl (C=O) groups excluding carboxylic acids is 1. The molecule has 0 fully saturated rings. The van der Waals surface area contributed by atoms with Crippen LogP contribution in [-0.2, 0) is 22.6 Å². The van der Waals surface area contributed by atoms with Crippen LogP contribution in [0, 0.1) is 12.7 Å². The van der Waals surface area contributed by atoms with Crippen LogP contribution in [-0.4, -0.2) is 20.9 Å². The molecule has 0 unspecified atom stereocenters. The Morgan fingerprint density at radius 3 is 2.50 bits per heavy atom. The number of aryl methyl sites for hydroxylation is 2. The third kappa shape index (κ3) is 5.73. The summed E-state index contributed by atoms with van der Waals surface area (Å²) < 4.78 is 18.1. The molecule has 7 nitrogen and oxygen atoms in total. The maximum atomic E-state index is 12.9. The molecule has 0 amide bonds. The van der Waals surface area contributed by atoms with E-state index in [2.05, 4.69) is 20.3 Å². The van der Waals surface area contributed by atoms with Gasteiger partial charge in [-0.05, 0) is 43.2 Å². The number of aromatic nitrogens is 3. The summed E-state index contributed by atoms with van der Waals surface area (Å²) in [5.41, 5.74) is 8.51. The van der Waals surface area contributed by atoms with E-state index in [9.17, 15) is 9.18 Å². The summed E-state index contributed by atoms with van der Waals surface area (Å²) >= 11 is 0. The van der Waals surface area contributed by atoms with E-state index in [0.717, 1.165) is 16.8 Å². The second-order valence-corrected chi connectivity index (χ2v) is 6.21. The summed E-state index contributed by atoms with van der Waals surface area (Å²) in [6, 6.07) is 13.7. The van der Waals surface area contributed by atoms with E-state index in [1.54, 1.807) is 12.1 Å². The van der Waals surface area contributed by atoms with Crippen LogP contribution in [0.2, 0.25) is 0 Å². The molecular weight excluding hydrogens is 361 g/mol. The van der Waals surface area contributed by atoms with Crippen LogP contribution in [0.5, 0.6) is 0 Å². The van der Waals surface area contributed by atoms with Gasteiger partial charge in [0.15, 0.2) is 12.4 Å². The van der Waals surface area contributed by atoms with E-state index in [4.69, 9.17) is 10.5 Å². The Kier molecular flexibility index (Phi) is 6.11. The fourth-order valence-corrected chi connectivity index (χ4v) is 2.44. The lowest BCUT2D eigenvalue weighted by Gasteiger charge is -2.08. The molecule has 0 aliphatic carbocycles. The lowest BCUT2D eigenvalue weighted by Crippen LogP contribution is -2.11. The van der Waals surface area contributed by atoms with Crippen molar-refractivity contribution in [3.63, 3.8) is 0 Å². The van der Waals surface area contributed by atoms with Crippen molar-refractivity contribution in [3.8, 4) is 0 Å². The maximum absolute atomic E-state index is 12.9. The number of nitrogens with two attached hydrogens (primary N) is 1. The number of rotatable bonds is 7. The first kappa shape index (κ1) is 19.2. The van der Waals surface area contributed by atoms with Crippen LogP contribution in [0.1, 0.15) is 23.4 Å². The molecule has 1 heterocycles. The molecule has 1 aromatic heterocycles. The van der Waals surface area contributed by atoms with Crippen molar-refractivity contribution in [1.29, 1.82) is 0 Å². The lowest BCUT2D eigenvalue weighted by atomic mass is 10.1. The minimum absolute atomic E-state index is 0.0296. The van der Waals surface area contributed by atoms with Gasteiger partial charge in [0.2, 0.25) is 11.9 Å². The zero-order valence-electron chi connectivity index (χ0n) is 15.4. The molecule has 3 N–H and O–H groups in total. The van der Waals surface area contributed by atoms with Gasteiger partial charge in [-0.15, -0.1) is 0 Å². The Morgan fingerprint density at radius 1 is 1.07 bits per heavy atom. The molecule has 0 atom stereocenters. The first-order chi connectivity index (χ1) is 13.5. The third-order valence-corrected chi connectivity index (χ3v) is 3.90. The average Bonchev–Trinajstić information content (AvgIpc) is 2.67. The van der Waals surface area contributed by atoms with E-state index >= 15 is 0 Å². The number of ether oxygens (including phenoxy) is 1. The van der Waals surface area contributed by atoms with E-state index in [0.29, 0.717) is 6.42 Å². The Balaban J connectivity index is 1.54. The molecule has 0 aliphatic rings. The number of halogens is 1. The van der Waals surface area contributed by atoms with Crippen LogP contribution in [0.15, 0.2) is 48.5 Å². The normalized spacial score (nSPS) is 10.5. The van der Waals surface area contributed by atoms with Gasteiger partial charge in [0.25, 0.3) is 0 Å². The monoisotopic (exact) mass is 381 g/mol. The zero-order chi connectivity index (χ0) is 19.9. The Morgan fingerprint density at radius 2 is 1.79 bits per heavy atom. The smallest absolute Gasteiger partial charge is 0.306 e. The Hall–Kier alpha value is -3.55. The van der Waals surface area contributed by atoms with Crippen molar-refractivity contribution in [2.24, 2.45) is 0 Å². The van der Waals surface area contributed by atoms with Gasteiger partial charge in [0.05, 0.1) is 0 Å². The molecule has 0 saturated carbocycles. The molecule has 3 rings (SSSR count). The van der Waals surface area contributed by atoms with Crippen LogP contribution in [0.4, 0.5) is 22.0 Å². The second kappa shape index (κ2) is 8.90. The van der Waals surface area contributed by atoms with E-state index in [1.807, 2.05) is 31.2 Å². The molecule has 0 radical (unpaired) electrons. The second-order valence-electron chi connectivity index (χ2n) is 6.21. The van der Waals surface area contributed by atoms with Gasteiger partial charge >= 0.3 is 5.97 Å². The highest BCUT2D eigenvalue weighted by Crippen LogP contribution is 2.14. The number of nitrogen functional groups attached to an aromatic ring is 1. The molecule has 0 bridgehead atoms. The van der Waals surface area contributed by atoms with Gasteiger partial charge in [-0.3, -0.25) is 4.79 Å². The molecule has 8 heteroatoms. The predicted octanol–water partition coefficient (Wildman–Crippen LogP) is 3.32. The molecule has 2 aromatic carbocycles. The number of esters is 1. The van der Waals surface area contributed by atoms with Gasteiger partial charge in [-0.2, -0.15) is 15.0 Å². The van der Waals surface area contributed by atoms with E-state index in [1.165, 1.54) is 12.1 Å². The molecule has 0 saturated heterocycles. The lowest BCUT2D eigenvalue weighted by molar-refractivity contribution is -0.145. The quantitative estimate of drug-likeness (QED) is 0.605. The first-order valence-corrected chi connectivity index (χ1v) is 8.72. The van der Waals surface area contributed by atoms with Crippen molar-refractivity contribution in [1.82, 2.24) is 15.0 Å². The summed E-state index contributed by atoms with van der Waals surface area (Å²) in [6.45, 7) is 1.88. The number of benzene rings is 2. The fraction of sp³-hybridized carbons (Fsp3) is 0.200. The van der Waals surface area contributed by atoms with Gasteiger partial charge in [-0.1, -0.05) is 29.8 Å². The summed E-state index contributed by atoms with van der Waals surface area (Å²) in [5.74, 6) is -0.168. The van der Waals surface area contributed by atoms with E-state index < -0.39 is 5.97 Å². The van der Waals surface area contributed by atoms with Crippen molar-refractivity contribution in [3.05, 3.63) is 71.3 Å². The summed E-state index contributed by atoms with van der Waals surface area (Å²) in [5, 5.41) is 3.04. The third-order valence-electron chi connectivity index (χ3n) is 3.90. The SMILES string of the molecule is Cc1ccc(Nc2nc(N)nc(COC(=O)CCc3ccc(F)cc3)n2)cc1. The molecule has 144 valence electrons. The number of nitrogens with zero attached hydrogens (tertiary/aromatic N) is 3. The van der Waals surface area contributed by atoms with Crippen LogP contribution >= 0.6 is 0 Å². The molecule has 0 aliphatic heterocycles. The number of hydrogen-bond donors (Lipinski definition) is 2. The summed E-state index contributed by atoms with van der Waals surface area (Å²) in [6.07, 6.45) is 0.624. The molecule has 0 spiro atoms. The highest BCUT2D eigenvalue weighted by atomic mass is 19.1. The van der Waals surface area contributed by atoms with Crippen LogP contribution in [0.3, 0.4) is 0 Å². The van der Waals surface area contributed by atoms with Gasteiger partial charge in [0.1, 0.15) is 5.82 Å². The Bertz CT molecular complexity index is 946. The largest absolute Gasteiger partial charge is 0.457 e. The van der Waals surface area contributed by atoms with Crippen molar-refractivity contribution >= 4 is 23.6 Å². The van der Waals surface area contributed by atoms with Gasteiger partial charge < -0.3 is 15.8 Å². The highest BCUT2D eigenvalue weighted by molar-refractivity contribution is 5.69. The molecule has 3 aromatic rings. The standard InChI is InChI=1S/C20H20FN5O2/c1-13-2-9-16(10-3-13)23-20-25-17(24-19(22)26-20)12-28-18(27)11-6-14-4-7-15(21)8-5-14/h2-5,7-10H,6,11-12H2,1H3,(H3,22,23,24,25,26). The predicted molar refractivity (Wildman–Crippen MR) is 103 cm³/mol. The summed E-state index contributed by atoms with van der Waals surface area (Å²) in [7, 11) is 0. The topological polar surface area (TPSA) is 103 Å². The van der Waals surface area contributed by atoms with Crippen molar-refractivity contribution in [2.45, 2.75) is 26.4 Å². The average molecular weight is 381 g/mol. The number of carbonyl (C=O) groups is 1. The molecule has 28 heavy (non-hydrogen) atoms. The molecular formula is C20H20FN5O2. The van der Waals surface area contributed by atoms with E-state index in [-0.39, 0.29) is 36.6 Å². The zero-order valence-corrected chi connectivity index (χ0v) is 15.4. The first-order valence-electron chi connectivity index (χ1n) is 8.72. The van der Waals surface area contributed by atoms with Crippen LogP contribution in [0.25, 0.3) is 0 Å². The van der Waals surface area contributed by atoms with Crippen molar-refractivity contribution in [2.75, 3.05) is 11.1 Å². The minimum atomic E-state index is -0.406. The van der Waals surface area contributed by atoms with Gasteiger partial charge in [-0.25, -0.2) is 4.39 Å². The number of hydrogen-bond acceptors (Lipinski definition) is 7.